The highest BCUT2D eigenvalue weighted by molar-refractivity contribution is 6.07. The van der Waals surface area contributed by atoms with Gasteiger partial charge in [0.05, 0.1) is 5.69 Å². The maximum Gasteiger partial charge on any atom is 0.0950 e. The Hall–Kier alpha value is -1.58. The van der Waals surface area contributed by atoms with Crippen LogP contribution in [0.2, 0.25) is 0 Å². The van der Waals surface area contributed by atoms with Gasteiger partial charge in [-0.15, -0.1) is 0 Å². The molecule has 0 radical (unpaired) electrons. The van der Waals surface area contributed by atoms with Gasteiger partial charge < -0.3 is 10.7 Å². The summed E-state index contributed by atoms with van der Waals surface area (Å²) in [6.45, 7) is 0. The number of hydrogen-bond acceptors (Lipinski definition) is 3. The number of hydrogen-bond donors (Lipinski definition) is 3. The molecule has 4 nitrogen and oxygen atoms in total. The lowest BCUT2D eigenvalue weighted by Crippen LogP contribution is -1.97. The van der Waals surface area contributed by atoms with E-state index in [1.807, 2.05) is 6.07 Å². The van der Waals surface area contributed by atoms with Crippen molar-refractivity contribution in [2.75, 3.05) is 7.05 Å². The molecule has 1 heterocycles. The molecule has 1 aromatic heterocycles. The lowest BCUT2D eigenvalue weighted by molar-refractivity contribution is 1.07. The summed E-state index contributed by atoms with van der Waals surface area (Å²) in [6.07, 6.45) is 4.71. The average Bonchev–Trinajstić information content (AvgIpc) is 2.52. The molecule has 0 amide bonds. The number of aromatic nitrogens is 2. The minimum atomic E-state index is 0.758. The Morgan fingerprint density at radius 1 is 1.82 bits per heavy atom. The molecule has 0 aliphatic heterocycles. The van der Waals surface area contributed by atoms with Crippen molar-refractivity contribution in [3.05, 3.63) is 24.2 Å². The maximum atomic E-state index is 7.05. The van der Waals surface area contributed by atoms with Gasteiger partial charge in [0, 0.05) is 31.2 Å². The van der Waals surface area contributed by atoms with Crippen LogP contribution in [0.15, 0.2) is 18.5 Å². The molecule has 0 saturated carbocycles. The predicted octanol–water partition coefficient (Wildman–Crippen LogP) is 0.620. The van der Waals surface area contributed by atoms with Gasteiger partial charge in [0.25, 0.3) is 0 Å². The summed E-state index contributed by atoms with van der Waals surface area (Å²) < 4.78 is 0. The van der Waals surface area contributed by atoms with Crippen LogP contribution < -0.4 is 5.32 Å². The Kier molecular flexibility index (Phi) is 2.43. The highest BCUT2D eigenvalue weighted by Gasteiger charge is 1.97. The third-order valence-electron chi connectivity index (χ3n) is 1.25. The van der Waals surface area contributed by atoms with Crippen molar-refractivity contribution in [1.82, 2.24) is 15.5 Å². The Labute approximate surface area is 64.8 Å². The Morgan fingerprint density at radius 2 is 2.64 bits per heavy atom. The first-order chi connectivity index (χ1) is 5.38. The van der Waals surface area contributed by atoms with Gasteiger partial charge >= 0.3 is 0 Å². The van der Waals surface area contributed by atoms with Crippen molar-refractivity contribution in [3.8, 4) is 0 Å². The zero-order valence-electron chi connectivity index (χ0n) is 6.26. The highest BCUT2D eigenvalue weighted by Crippen LogP contribution is 2.05. The van der Waals surface area contributed by atoms with Crippen LogP contribution in [0.4, 0.5) is 0 Å². The standard InChI is InChI=1S/C7H10N4/c1-9-5-6(4-8)7-2-3-10-11-7/h2-5,8-9H,1H3,(H,10,11)/b6-5+,8-4?. The van der Waals surface area contributed by atoms with Gasteiger partial charge in [-0.2, -0.15) is 5.10 Å². The zero-order chi connectivity index (χ0) is 8.10. The van der Waals surface area contributed by atoms with E-state index in [0.717, 1.165) is 11.3 Å². The lowest BCUT2D eigenvalue weighted by Gasteiger charge is -1.93. The van der Waals surface area contributed by atoms with Crippen LogP contribution in [-0.2, 0) is 0 Å². The second kappa shape index (κ2) is 3.55. The largest absolute Gasteiger partial charge is 0.393 e. The molecule has 3 N–H and O–H groups in total. The fourth-order valence-electron chi connectivity index (χ4n) is 0.766. The van der Waals surface area contributed by atoms with Crippen LogP contribution in [0.5, 0.6) is 0 Å². The number of nitrogens with zero attached hydrogens (tertiary/aromatic N) is 1. The van der Waals surface area contributed by atoms with Crippen LogP contribution >= 0.6 is 0 Å². The molecule has 1 rings (SSSR count). The number of aromatic amines is 1. The van der Waals surface area contributed by atoms with E-state index in [4.69, 9.17) is 5.41 Å². The molecule has 11 heavy (non-hydrogen) atoms. The van der Waals surface area contributed by atoms with E-state index in [-0.39, 0.29) is 0 Å². The van der Waals surface area contributed by atoms with Crippen molar-refractivity contribution in [2.24, 2.45) is 0 Å². The molecule has 0 aromatic carbocycles. The maximum absolute atomic E-state index is 7.05. The molecule has 0 saturated heterocycles. The Bertz CT molecular complexity index is 247. The minimum Gasteiger partial charge on any atom is -0.393 e. The predicted molar refractivity (Wildman–Crippen MR) is 44.4 cm³/mol. The number of allylic oxidation sites excluding steroid dienone is 1. The summed E-state index contributed by atoms with van der Waals surface area (Å²) in [6, 6.07) is 1.81. The summed E-state index contributed by atoms with van der Waals surface area (Å²) in [5.74, 6) is 0. The first-order valence-corrected chi connectivity index (χ1v) is 3.26. The summed E-state index contributed by atoms with van der Waals surface area (Å²) in [5, 5.41) is 16.5. The van der Waals surface area contributed by atoms with E-state index in [1.54, 1.807) is 19.4 Å². The van der Waals surface area contributed by atoms with Crippen LogP contribution in [0.1, 0.15) is 5.69 Å². The number of H-pyrrole nitrogens is 1. The van der Waals surface area contributed by atoms with E-state index in [0.29, 0.717) is 0 Å². The number of rotatable bonds is 3. The van der Waals surface area contributed by atoms with Crippen molar-refractivity contribution in [3.63, 3.8) is 0 Å². The van der Waals surface area contributed by atoms with E-state index < -0.39 is 0 Å². The van der Waals surface area contributed by atoms with E-state index in [2.05, 4.69) is 15.5 Å². The summed E-state index contributed by atoms with van der Waals surface area (Å²) in [4.78, 5) is 0. The molecular formula is C7H10N4. The lowest BCUT2D eigenvalue weighted by atomic mass is 10.2. The number of nitrogens with one attached hydrogen (secondary N) is 3. The average molecular weight is 150 g/mol. The van der Waals surface area contributed by atoms with Gasteiger partial charge in [-0.1, -0.05) is 0 Å². The van der Waals surface area contributed by atoms with Crippen LogP contribution in [-0.4, -0.2) is 23.5 Å². The van der Waals surface area contributed by atoms with Crippen LogP contribution in [0, 0.1) is 5.41 Å². The normalized spacial score (nSPS) is 11.2. The molecule has 58 valence electrons. The van der Waals surface area contributed by atoms with E-state index >= 15 is 0 Å². The van der Waals surface area contributed by atoms with Gasteiger partial charge in [-0.25, -0.2) is 0 Å². The second-order valence-corrected chi connectivity index (χ2v) is 1.99. The molecule has 0 fully saturated rings. The zero-order valence-corrected chi connectivity index (χ0v) is 6.26. The molecule has 0 bridgehead atoms. The van der Waals surface area contributed by atoms with Crippen molar-refractivity contribution >= 4 is 11.8 Å². The van der Waals surface area contributed by atoms with E-state index in [9.17, 15) is 0 Å². The summed E-state index contributed by atoms with van der Waals surface area (Å²) in [5.41, 5.74) is 1.53. The van der Waals surface area contributed by atoms with Crippen molar-refractivity contribution < 1.29 is 0 Å². The first-order valence-electron chi connectivity index (χ1n) is 3.26. The molecule has 0 spiro atoms. The monoisotopic (exact) mass is 150 g/mol. The van der Waals surface area contributed by atoms with Crippen molar-refractivity contribution in [2.45, 2.75) is 0 Å². The Balaban J connectivity index is 2.88. The fraction of sp³-hybridized carbons (Fsp3) is 0.143. The molecule has 4 heteroatoms. The molecule has 0 unspecified atom stereocenters. The Morgan fingerprint density at radius 3 is 3.09 bits per heavy atom. The van der Waals surface area contributed by atoms with Crippen LogP contribution in [0.25, 0.3) is 5.57 Å². The van der Waals surface area contributed by atoms with Gasteiger partial charge in [0.2, 0.25) is 0 Å². The minimum absolute atomic E-state index is 0.758. The molecule has 0 atom stereocenters. The third kappa shape index (κ3) is 1.67. The SMILES string of the molecule is CN/C=C(\C=N)c1cc[nH]n1. The van der Waals surface area contributed by atoms with Crippen molar-refractivity contribution in [1.29, 1.82) is 5.41 Å². The second-order valence-electron chi connectivity index (χ2n) is 1.99. The van der Waals surface area contributed by atoms with Gasteiger partial charge in [0.1, 0.15) is 0 Å². The first kappa shape index (κ1) is 7.53. The fourth-order valence-corrected chi connectivity index (χ4v) is 0.766. The summed E-state index contributed by atoms with van der Waals surface area (Å²) >= 11 is 0. The smallest absolute Gasteiger partial charge is 0.0950 e. The molecular weight excluding hydrogens is 140 g/mol. The quantitative estimate of drug-likeness (QED) is 0.553. The molecule has 0 aliphatic carbocycles. The van der Waals surface area contributed by atoms with Gasteiger partial charge in [-0.3, -0.25) is 5.10 Å². The van der Waals surface area contributed by atoms with E-state index in [1.165, 1.54) is 6.21 Å². The van der Waals surface area contributed by atoms with Crippen LogP contribution in [0.3, 0.4) is 0 Å². The van der Waals surface area contributed by atoms with Gasteiger partial charge in [0.15, 0.2) is 0 Å². The third-order valence-corrected chi connectivity index (χ3v) is 1.25. The molecule has 1 aromatic rings. The van der Waals surface area contributed by atoms with Gasteiger partial charge in [-0.05, 0) is 6.07 Å². The highest BCUT2D eigenvalue weighted by atomic mass is 15.1. The molecule has 0 aliphatic rings. The summed E-state index contributed by atoms with van der Waals surface area (Å²) in [7, 11) is 1.79. The topological polar surface area (TPSA) is 64.6 Å².